The average molecular weight is 344 g/mol. The van der Waals surface area contributed by atoms with Gasteiger partial charge in [0.25, 0.3) is 0 Å². The van der Waals surface area contributed by atoms with Gasteiger partial charge in [-0.15, -0.1) is 0 Å². The fourth-order valence-electron chi connectivity index (χ4n) is 2.46. The van der Waals surface area contributed by atoms with Crippen molar-refractivity contribution >= 4 is 5.78 Å². The highest BCUT2D eigenvalue weighted by atomic mass is 19.4. The number of carbonyl (C=O) groups is 1. The summed E-state index contributed by atoms with van der Waals surface area (Å²) >= 11 is 0. The lowest BCUT2D eigenvalue weighted by molar-refractivity contribution is -0.141. The Morgan fingerprint density at radius 3 is 2.16 bits per heavy atom. The standard InChI is InChI=1S/C21H19F3O/c22-21(23,24)16-19(12-11-17-7-3-1-4-8-17)13-14-20(25)15-18-9-5-2-6-10-18/h1-10,19H,13-16H2. The van der Waals surface area contributed by atoms with E-state index in [9.17, 15) is 18.0 Å². The van der Waals surface area contributed by atoms with Crippen LogP contribution in [0.15, 0.2) is 60.7 Å². The van der Waals surface area contributed by atoms with Crippen molar-refractivity contribution in [2.45, 2.75) is 31.9 Å². The molecule has 0 bridgehead atoms. The molecule has 0 fully saturated rings. The van der Waals surface area contributed by atoms with E-state index < -0.39 is 18.5 Å². The van der Waals surface area contributed by atoms with E-state index in [1.165, 1.54) is 0 Å². The summed E-state index contributed by atoms with van der Waals surface area (Å²) in [6.45, 7) is 0. The van der Waals surface area contributed by atoms with Gasteiger partial charge < -0.3 is 0 Å². The lowest BCUT2D eigenvalue weighted by atomic mass is 9.96. The Hall–Kier alpha value is -2.54. The van der Waals surface area contributed by atoms with E-state index in [-0.39, 0.29) is 25.0 Å². The van der Waals surface area contributed by atoms with Crippen LogP contribution < -0.4 is 0 Å². The zero-order valence-corrected chi connectivity index (χ0v) is 13.7. The topological polar surface area (TPSA) is 17.1 Å². The minimum Gasteiger partial charge on any atom is -0.299 e. The molecule has 0 amide bonds. The van der Waals surface area contributed by atoms with E-state index >= 15 is 0 Å². The molecule has 0 N–H and O–H groups in total. The van der Waals surface area contributed by atoms with Crippen LogP contribution in [0.4, 0.5) is 13.2 Å². The van der Waals surface area contributed by atoms with E-state index in [0.29, 0.717) is 5.56 Å². The van der Waals surface area contributed by atoms with Crippen molar-refractivity contribution in [1.82, 2.24) is 0 Å². The van der Waals surface area contributed by atoms with Gasteiger partial charge in [-0.25, -0.2) is 0 Å². The Labute approximate surface area is 145 Å². The molecular formula is C21H19F3O. The van der Waals surface area contributed by atoms with E-state index in [1.54, 1.807) is 24.3 Å². The molecule has 0 aliphatic heterocycles. The van der Waals surface area contributed by atoms with E-state index in [0.717, 1.165) is 5.56 Å². The van der Waals surface area contributed by atoms with Crippen LogP contribution >= 0.6 is 0 Å². The third-order valence-electron chi connectivity index (χ3n) is 3.69. The predicted octanol–water partition coefficient (Wildman–Crippen LogP) is 5.20. The van der Waals surface area contributed by atoms with Gasteiger partial charge in [0.2, 0.25) is 0 Å². The summed E-state index contributed by atoms with van der Waals surface area (Å²) < 4.78 is 38.3. The molecule has 0 aliphatic carbocycles. The first-order chi connectivity index (χ1) is 11.9. The molecule has 0 radical (unpaired) electrons. The minimum absolute atomic E-state index is 0.0696. The van der Waals surface area contributed by atoms with Crippen molar-refractivity contribution < 1.29 is 18.0 Å². The fourth-order valence-corrected chi connectivity index (χ4v) is 2.46. The Morgan fingerprint density at radius 2 is 1.56 bits per heavy atom. The first kappa shape index (κ1) is 18.8. The number of alkyl halides is 3. The third kappa shape index (κ3) is 7.71. The summed E-state index contributed by atoms with van der Waals surface area (Å²) in [7, 11) is 0. The van der Waals surface area contributed by atoms with Crippen LogP contribution in [0.25, 0.3) is 0 Å². The van der Waals surface area contributed by atoms with Crippen LogP contribution in [0.5, 0.6) is 0 Å². The largest absolute Gasteiger partial charge is 0.390 e. The van der Waals surface area contributed by atoms with Gasteiger partial charge in [0.05, 0.1) is 6.42 Å². The number of hydrogen-bond acceptors (Lipinski definition) is 1. The predicted molar refractivity (Wildman–Crippen MR) is 91.9 cm³/mol. The van der Waals surface area contributed by atoms with Crippen LogP contribution in [0.3, 0.4) is 0 Å². The molecule has 0 saturated heterocycles. The van der Waals surface area contributed by atoms with Crippen LogP contribution in [-0.2, 0) is 11.2 Å². The lowest BCUT2D eigenvalue weighted by Gasteiger charge is -2.13. The van der Waals surface area contributed by atoms with Crippen LogP contribution in [0, 0.1) is 17.8 Å². The number of halogens is 3. The quantitative estimate of drug-likeness (QED) is 0.658. The summed E-state index contributed by atoms with van der Waals surface area (Å²) in [5.74, 6) is 4.52. The minimum atomic E-state index is -4.29. The number of Topliss-reactive ketones (excluding diaryl/α,β-unsaturated/α-hetero) is 1. The fraction of sp³-hybridized carbons (Fsp3) is 0.286. The van der Waals surface area contributed by atoms with Gasteiger partial charge >= 0.3 is 6.18 Å². The molecular weight excluding hydrogens is 325 g/mol. The Morgan fingerprint density at radius 1 is 0.960 bits per heavy atom. The smallest absolute Gasteiger partial charge is 0.299 e. The highest BCUT2D eigenvalue weighted by Crippen LogP contribution is 2.27. The summed E-state index contributed by atoms with van der Waals surface area (Å²) in [4.78, 5) is 12.0. The maximum Gasteiger partial charge on any atom is 0.390 e. The number of carbonyl (C=O) groups excluding carboxylic acids is 1. The van der Waals surface area contributed by atoms with Crippen molar-refractivity contribution in [3.63, 3.8) is 0 Å². The molecule has 0 spiro atoms. The molecule has 0 heterocycles. The molecule has 130 valence electrons. The molecule has 0 aliphatic rings. The first-order valence-electron chi connectivity index (χ1n) is 8.11. The highest BCUT2D eigenvalue weighted by molar-refractivity contribution is 5.80. The van der Waals surface area contributed by atoms with Crippen molar-refractivity contribution in [3.05, 3.63) is 71.8 Å². The Bertz CT molecular complexity index is 724. The maximum absolute atomic E-state index is 12.8. The first-order valence-corrected chi connectivity index (χ1v) is 8.11. The molecule has 1 nitrogen and oxygen atoms in total. The second-order valence-corrected chi connectivity index (χ2v) is 5.89. The van der Waals surface area contributed by atoms with E-state index in [4.69, 9.17) is 0 Å². The van der Waals surface area contributed by atoms with Crippen molar-refractivity contribution in [2.24, 2.45) is 5.92 Å². The van der Waals surface area contributed by atoms with Crippen molar-refractivity contribution in [3.8, 4) is 11.8 Å². The van der Waals surface area contributed by atoms with Crippen LogP contribution in [0.1, 0.15) is 30.4 Å². The number of hydrogen-bond donors (Lipinski definition) is 0. The van der Waals surface area contributed by atoms with Crippen molar-refractivity contribution in [1.29, 1.82) is 0 Å². The lowest BCUT2D eigenvalue weighted by Crippen LogP contribution is -2.15. The summed E-state index contributed by atoms with van der Waals surface area (Å²) in [5.41, 5.74) is 1.54. The zero-order chi connectivity index (χ0) is 18.1. The third-order valence-corrected chi connectivity index (χ3v) is 3.69. The molecule has 2 aromatic carbocycles. The van der Waals surface area contributed by atoms with Gasteiger partial charge in [-0.1, -0.05) is 60.4 Å². The Kier molecular flexibility index (Phi) is 6.82. The zero-order valence-electron chi connectivity index (χ0n) is 13.7. The molecule has 25 heavy (non-hydrogen) atoms. The van der Waals surface area contributed by atoms with Gasteiger partial charge in [-0.05, 0) is 24.1 Å². The summed E-state index contributed by atoms with van der Waals surface area (Å²) in [6, 6.07) is 18.1. The molecule has 2 aromatic rings. The second-order valence-electron chi connectivity index (χ2n) is 5.89. The van der Waals surface area contributed by atoms with Gasteiger partial charge in [0, 0.05) is 24.3 Å². The highest BCUT2D eigenvalue weighted by Gasteiger charge is 2.31. The Balaban J connectivity index is 1.96. The maximum atomic E-state index is 12.8. The number of ketones is 1. The number of rotatable bonds is 6. The molecule has 4 heteroatoms. The summed E-state index contributed by atoms with van der Waals surface area (Å²) in [6.07, 6.45) is -4.83. The van der Waals surface area contributed by atoms with Gasteiger partial charge in [0.15, 0.2) is 0 Å². The molecule has 0 aromatic heterocycles. The van der Waals surface area contributed by atoms with Crippen molar-refractivity contribution in [2.75, 3.05) is 0 Å². The average Bonchev–Trinajstić information content (AvgIpc) is 2.58. The molecule has 2 rings (SSSR count). The monoisotopic (exact) mass is 344 g/mol. The normalized spacial score (nSPS) is 12.1. The number of benzene rings is 2. The molecule has 0 saturated carbocycles. The van der Waals surface area contributed by atoms with E-state index in [1.807, 2.05) is 36.4 Å². The second kappa shape index (κ2) is 9.08. The van der Waals surface area contributed by atoms with Gasteiger partial charge in [-0.3, -0.25) is 4.79 Å². The molecule has 1 unspecified atom stereocenters. The van der Waals surface area contributed by atoms with Gasteiger partial charge in [0.1, 0.15) is 5.78 Å². The summed E-state index contributed by atoms with van der Waals surface area (Å²) in [5, 5.41) is 0. The van der Waals surface area contributed by atoms with E-state index in [2.05, 4.69) is 11.8 Å². The van der Waals surface area contributed by atoms with Crippen LogP contribution in [-0.4, -0.2) is 12.0 Å². The van der Waals surface area contributed by atoms with Gasteiger partial charge in [-0.2, -0.15) is 13.2 Å². The van der Waals surface area contributed by atoms with Crippen LogP contribution in [0.2, 0.25) is 0 Å². The SMILES string of the molecule is O=C(CCC(C#Cc1ccccc1)CC(F)(F)F)Cc1ccccc1. The molecule has 1 atom stereocenters.